The Balaban J connectivity index is 1.41. The number of hydrogen-bond donors (Lipinski definition) is 1. The van der Waals surface area contributed by atoms with Crippen LogP contribution in [0.2, 0.25) is 10.0 Å². The van der Waals surface area contributed by atoms with Crippen molar-refractivity contribution in [2.75, 3.05) is 4.72 Å². The summed E-state index contributed by atoms with van der Waals surface area (Å²) in [7, 11) is -3.92. The fraction of sp³-hybridized carbons (Fsp3) is 0.174. The molecule has 0 fully saturated rings. The van der Waals surface area contributed by atoms with Gasteiger partial charge in [0.1, 0.15) is 11.2 Å². The number of aryl methyl sites for hydroxylation is 2. The molecule has 11 heteroatoms. The maximum absolute atomic E-state index is 13.1. The molecule has 0 radical (unpaired) electrons. The number of benzene rings is 2. The van der Waals surface area contributed by atoms with Crippen LogP contribution in [0.4, 0.5) is 5.69 Å². The topological polar surface area (TPSA) is 89.2 Å². The molecule has 1 aliphatic carbocycles. The van der Waals surface area contributed by atoms with Gasteiger partial charge in [0.25, 0.3) is 10.0 Å². The van der Waals surface area contributed by atoms with Gasteiger partial charge in [-0.05, 0) is 61.6 Å². The standard InChI is InChI=1S/C23H17Cl2N5O2S2/c24-14-8-9-17(25)18(11-14)29-34(31,32)15-5-3-4-13(10-15)21-27-22-20-16-6-1-2-7-19(16)33-23(20)26-12-30(22)28-21/h3-5,8-12,29H,1-2,6-7H2. The molecule has 0 saturated carbocycles. The summed E-state index contributed by atoms with van der Waals surface area (Å²) >= 11 is 13.9. The first-order valence-corrected chi connectivity index (χ1v) is 13.7. The fourth-order valence-corrected chi connectivity index (χ4v) is 6.99. The highest BCUT2D eigenvalue weighted by Gasteiger charge is 2.22. The van der Waals surface area contributed by atoms with Crippen molar-refractivity contribution in [2.45, 2.75) is 30.6 Å². The van der Waals surface area contributed by atoms with Crippen molar-refractivity contribution in [3.63, 3.8) is 0 Å². The highest BCUT2D eigenvalue weighted by molar-refractivity contribution is 7.92. The lowest BCUT2D eigenvalue weighted by Crippen LogP contribution is -2.13. The Hall–Kier alpha value is -2.72. The highest BCUT2D eigenvalue weighted by atomic mass is 35.5. The van der Waals surface area contributed by atoms with E-state index in [4.69, 9.17) is 28.2 Å². The minimum Gasteiger partial charge on any atom is -0.278 e. The van der Waals surface area contributed by atoms with Gasteiger partial charge in [-0.3, -0.25) is 4.72 Å². The maximum atomic E-state index is 13.1. The Morgan fingerprint density at radius 1 is 1.06 bits per heavy atom. The minimum absolute atomic E-state index is 0.0658. The quantitative estimate of drug-likeness (QED) is 0.308. The predicted octanol–water partition coefficient (Wildman–Crippen LogP) is 5.99. The zero-order chi connectivity index (χ0) is 23.4. The molecule has 1 aliphatic rings. The highest BCUT2D eigenvalue weighted by Crippen LogP contribution is 2.37. The molecule has 2 aromatic carbocycles. The van der Waals surface area contributed by atoms with Crippen molar-refractivity contribution in [2.24, 2.45) is 0 Å². The predicted molar refractivity (Wildman–Crippen MR) is 136 cm³/mol. The summed E-state index contributed by atoms with van der Waals surface area (Å²) in [6, 6.07) is 11.1. The Labute approximate surface area is 209 Å². The molecule has 34 heavy (non-hydrogen) atoms. The van der Waals surface area contributed by atoms with Crippen molar-refractivity contribution in [1.29, 1.82) is 0 Å². The molecule has 1 N–H and O–H groups in total. The largest absolute Gasteiger partial charge is 0.278 e. The van der Waals surface area contributed by atoms with Gasteiger partial charge >= 0.3 is 0 Å². The Bertz CT molecular complexity index is 1690. The lowest BCUT2D eigenvalue weighted by atomic mass is 9.97. The maximum Gasteiger partial charge on any atom is 0.261 e. The van der Waals surface area contributed by atoms with E-state index >= 15 is 0 Å². The fourth-order valence-electron chi connectivity index (χ4n) is 4.26. The van der Waals surface area contributed by atoms with E-state index in [1.165, 1.54) is 35.1 Å². The molecule has 0 amide bonds. The van der Waals surface area contributed by atoms with E-state index in [9.17, 15) is 8.42 Å². The third-order valence-electron chi connectivity index (χ3n) is 5.87. The van der Waals surface area contributed by atoms with Crippen LogP contribution >= 0.6 is 34.5 Å². The van der Waals surface area contributed by atoms with Gasteiger partial charge < -0.3 is 0 Å². The van der Waals surface area contributed by atoms with Crippen LogP contribution in [-0.4, -0.2) is 28.0 Å². The van der Waals surface area contributed by atoms with E-state index < -0.39 is 10.0 Å². The normalized spacial score (nSPS) is 13.9. The Morgan fingerprint density at radius 3 is 2.79 bits per heavy atom. The molecule has 0 spiro atoms. The molecular formula is C23H17Cl2N5O2S2. The number of halogens is 2. The van der Waals surface area contributed by atoms with Gasteiger partial charge in [0, 0.05) is 15.5 Å². The minimum atomic E-state index is -3.92. The average Bonchev–Trinajstić information content (AvgIpc) is 3.42. The van der Waals surface area contributed by atoms with Gasteiger partial charge in [0.05, 0.1) is 21.0 Å². The third-order valence-corrected chi connectivity index (χ3v) is 8.99. The molecule has 0 unspecified atom stereocenters. The summed E-state index contributed by atoms with van der Waals surface area (Å²) in [5.74, 6) is 0.433. The van der Waals surface area contributed by atoms with Crippen LogP contribution in [0.3, 0.4) is 0 Å². The number of fused-ring (bicyclic) bond motifs is 5. The zero-order valence-electron chi connectivity index (χ0n) is 17.6. The molecular weight excluding hydrogens is 513 g/mol. The lowest BCUT2D eigenvalue weighted by Gasteiger charge is -2.10. The molecule has 0 bridgehead atoms. The molecule has 3 heterocycles. The van der Waals surface area contributed by atoms with E-state index in [-0.39, 0.29) is 15.6 Å². The first-order chi connectivity index (χ1) is 16.4. The SMILES string of the molecule is O=S(=O)(Nc1cc(Cl)ccc1Cl)c1cccc(-c2nc3c4c5c(sc4ncn3n2)CCCC5)c1. The van der Waals surface area contributed by atoms with Crippen LogP contribution in [0.15, 0.2) is 53.7 Å². The van der Waals surface area contributed by atoms with E-state index in [0.717, 1.165) is 35.1 Å². The second kappa shape index (κ2) is 8.20. The number of anilines is 1. The van der Waals surface area contributed by atoms with Crippen LogP contribution < -0.4 is 4.72 Å². The lowest BCUT2D eigenvalue weighted by molar-refractivity contribution is 0.601. The van der Waals surface area contributed by atoms with Crippen LogP contribution in [0.1, 0.15) is 23.3 Å². The van der Waals surface area contributed by atoms with Gasteiger partial charge in [-0.25, -0.2) is 22.9 Å². The summed E-state index contributed by atoms with van der Waals surface area (Å²) in [6.45, 7) is 0. The molecule has 0 aliphatic heterocycles. The van der Waals surface area contributed by atoms with E-state index in [0.29, 0.717) is 16.4 Å². The van der Waals surface area contributed by atoms with E-state index in [1.807, 2.05) is 0 Å². The van der Waals surface area contributed by atoms with Crippen molar-refractivity contribution in [3.05, 3.63) is 69.3 Å². The third kappa shape index (κ3) is 3.73. The van der Waals surface area contributed by atoms with Crippen molar-refractivity contribution in [3.8, 4) is 11.4 Å². The first kappa shape index (κ1) is 21.8. The average molecular weight is 530 g/mol. The summed E-state index contributed by atoms with van der Waals surface area (Å²) in [5.41, 5.74) is 2.86. The van der Waals surface area contributed by atoms with Gasteiger partial charge in [-0.1, -0.05) is 35.3 Å². The van der Waals surface area contributed by atoms with Gasteiger partial charge in [-0.2, -0.15) is 0 Å². The number of hydrogen-bond acceptors (Lipinski definition) is 6. The second-order valence-electron chi connectivity index (χ2n) is 8.10. The zero-order valence-corrected chi connectivity index (χ0v) is 20.8. The number of rotatable bonds is 4. The van der Waals surface area contributed by atoms with Crippen molar-refractivity contribution in [1.82, 2.24) is 19.6 Å². The van der Waals surface area contributed by atoms with Crippen LogP contribution in [0.5, 0.6) is 0 Å². The smallest absolute Gasteiger partial charge is 0.261 e. The number of thiophene rings is 1. The van der Waals surface area contributed by atoms with Gasteiger partial charge in [-0.15, -0.1) is 16.4 Å². The number of aromatic nitrogens is 4. The molecule has 7 nitrogen and oxygen atoms in total. The molecule has 0 atom stereocenters. The summed E-state index contributed by atoms with van der Waals surface area (Å²) in [4.78, 5) is 11.8. The Morgan fingerprint density at radius 2 is 1.91 bits per heavy atom. The van der Waals surface area contributed by atoms with Gasteiger partial charge in [0.15, 0.2) is 11.5 Å². The second-order valence-corrected chi connectivity index (χ2v) is 11.7. The summed E-state index contributed by atoms with van der Waals surface area (Å²) in [5, 5.41) is 6.27. The van der Waals surface area contributed by atoms with E-state index in [2.05, 4.69) is 14.8 Å². The number of sulfonamides is 1. The van der Waals surface area contributed by atoms with E-state index in [1.54, 1.807) is 46.4 Å². The monoisotopic (exact) mass is 529 g/mol. The Kier molecular flexibility index (Phi) is 5.25. The summed E-state index contributed by atoms with van der Waals surface area (Å²) in [6.07, 6.45) is 6.12. The molecule has 3 aromatic heterocycles. The molecule has 172 valence electrons. The van der Waals surface area contributed by atoms with Crippen molar-refractivity contribution < 1.29 is 8.42 Å². The number of nitrogens with zero attached hydrogens (tertiary/aromatic N) is 4. The van der Waals surface area contributed by atoms with Crippen LogP contribution in [0.25, 0.3) is 27.3 Å². The van der Waals surface area contributed by atoms with Gasteiger partial charge in [0.2, 0.25) is 0 Å². The first-order valence-electron chi connectivity index (χ1n) is 10.6. The summed E-state index contributed by atoms with van der Waals surface area (Å²) < 4.78 is 30.3. The van der Waals surface area contributed by atoms with Crippen LogP contribution in [-0.2, 0) is 22.9 Å². The van der Waals surface area contributed by atoms with Crippen molar-refractivity contribution >= 4 is 66.1 Å². The molecule has 0 saturated heterocycles. The molecule has 6 rings (SSSR count). The molecule has 5 aromatic rings. The number of nitrogens with one attached hydrogen (secondary N) is 1. The van der Waals surface area contributed by atoms with Crippen LogP contribution in [0, 0.1) is 0 Å².